The lowest BCUT2D eigenvalue weighted by atomic mass is 9.97. The van der Waals surface area contributed by atoms with Crippen molar-refractivity contribution < 1.29 is 18.0 Å². The SMILES string of the molecule is CCO/N=C(\c1ccccc1)c1ccccc1C(F)(F)F. The van der Waals surface area contributed by atoms with Crippen molar-refractivity contribution in [1.29, 1.82) is 0 Å². The van der Waals surface area contributed by atoms with Crippen molar-refractivity contribution in [3.05, 3.63) is 71.3 Å². The van der Waals surface area contributed by atoms with Gasteiger partial charge in [0.2, 0.25) is 0 Å². The van der Waals surface area contributed by atoms with E-state index in [-0.39, 0.29) is 17.9 Å². The molecule has 0 aliphatic rings. The molecule has 0 atom stereocenters. The normalized spacial score (nSPS) is 12.3. The predicted molar refractivity (Wildman–Crippen MR) is 75.2 cm³/mol. The molecule has 0 radical (unpaired) electrons. The van der Waals surface area contributed by atoms with Gasteiger partial charge in [-0.05, 0) is 13.0 Å². The Morgan fingerprint density at radius 2 is 1.62 bits per heavy atom. The van der Waals surface area contributed by atoms with Crippen LogP contribution in [0.1, 0.15) is 23.6 Å². The summed E-state index contributed by atoms with van der Waals surface area (Å²) in [5, 5.41) is 3.87. The van der Waals surface area contributed by atoms with E-state index >= 15 is 0 Å². The van der Waals surface area contributed by atoms with Gasteiger partial charge in [-0.25, -0.2) is 0 Å². The second-order valence-corrected chi connectivity index (χ2v) is 4.27. The first-order chi connectivity index (χ1) is 10.0. The molecular weight excluding hydrogens is 279 g/mol. The monoisotopic (exact) mass is 293 g/mol. The zero-order valence-electron chi connectivity index (χ0n) is 11.4. The molecule has 5 heteroatoms. The third-order valence-electron chi connectivity index (χ3n) is 2.82. The van der Waals surface area contributed by atoms with Crippen LogP contribution in [-0.4, -0.2) is 12.3 Å². The zero-order valence-corrected chi connectivity index (χ0v) is 11.4. The van der Waals surface area contributed by atoms with Gasteiger partial charge in [-0.1, -0.05) is 53.7 Å². The summed E-state index contributed by atoms with van der Waals surface area (Å²) in [6.45, 7) is 2.01. The van der Waals surface area contributed by atoms with E-state index in [2.05, 4.69) is 5.16 Å². The van der Waals surface area contributed by atoms with E-state index in [9.17, 15) is 13.2 Å². The quantitative estimate of drug-likeness (QED) is 0.601. The van der Waals surface area contributed by atoms with Gasteiger partial charge in [-0.2, -0.15) is 13.2 Å². The molecule has 0 N–H and O–H groups in total. The smallest absolute Gasteiger partial charge is 0.396 e. The molecule has 21 heavy (non-hydrogen) atoms. The fraction of sp³-hybridized carbons (Fsp3) is 0.188. The largest absolute Gasteiger partial charge is 0.417 e. The third kappa shape index (κ3) is 3.62. The number of hydrogen-bond acceptors (Lipinski definition) is 2. The molecule has 0 amide bonds. The van der Waals surface area contributed by atoms with Crippen LogP contribution in [0.3, 0.4) is 0 Å². The molecule has 2 aromatic rings. The molecule has 0 unspecified atom stereocenters. The Hall–Kier alpha value is -2.30. The van der Waals surface area contributed by atoms with Crippen LogP contribution in [0.5, 0.6) is 0 Å². The third-order valence-corrected chi connectivity index (χ3v) is 2.82. The van der Waals surface area contributed by atoms with Gasteiger partial charge in [0, 0.05) is 11.1 Å². The van der Waals surface area contributed by atoms with Crippen molar-refractivity contribution in [2.75, 3.05) is 6.61 Å². The fourth-order valence-electron chi connectivity index (χ4n) is 1.92. The summed E-state index contributed by atoms with van der Waals surface area (Å²) in [6.07, 6.45) is -4.45. The highest BCUT2D eigenvalue weighted by Gasteiger charge is 2.34. The summed E-state index contributed by atoms with van der Waals surface area (Å²) in [5.41, 5.74) is 0.0185. The summed E-state index contributed by atoms with van der Waals surface area (Å²) in [5.74, 6) is 0. The van der Waals surface area contributed by atoms with Gasteiger partial charge in [0.25, 0.3) is 0 Å². The first-order valence-electron chi connectivity index (χ1n) is 6.46. The summed E-state index contributed by atoms with van der Waals surface area (Å²) in [6, 6.07) is 14.0. The molecule has 2 aromatic carbocycles. The van der Waals surface area contributed by atoms with Gasteiger partial charge >= 0.3 is 6.18 Å². The summed E-state index contributed by atoms with van der Waals surface area (Å²) in [7, 11) is 0. The van der Waals surface area contributed by atoms with Gasteiger partial charge in [0.1, 0.15) is 12.3 Å². The topological polar surface area (TPSA) is 21.6 Å². The van der Waals surface area contributed by atoms with Crippen molar-refractivity contribution >= 4 is 5.71 Å². The molecular formula is C16H14F3NO. The van der Waals surface area contributed by atoms with Crippen molar-refractivity contribution in [2.45, 2.75) is 13.1 Å². The second kappa shape index (κ2) is 6.43. The molecule has 0 saturated carbocycles. The Balaban J connectivity index is 2.59. The molecule has 0 heterocycles. The lowest BCUT2D eigenvalue weighted by Crippen LogP contribution is -2.14. The van der Waals surface area contributed by atoms with Crippen LogP contribution in [0.4, 0.5) is 13.2 Å². The van der Waals surface area contributed by atoms with E-state index in [0.717, 1.165) is 6.07 Å². The van der Waals surface area contributed by atoms with E-state index < -0.39 is 11.7 Å². The van der Waals surface area contributed by atoms with Crippen LogP contribution in [-0.2, 0) is 11.0 Å². The number of halogens is 3. The molecule has 0 aliphatic carbocycles. The van der Waals surface area contributed by atoms with Gasteiger partial charge in [0.05, 0.1) is 5.56 Å². The molecule has 0 aromatic heterocycles. The van der Waals surface area contributed by atoms with Crippen LogP contribution in [0.25, 0.3) is 0 Å². The maximum Gasteiger partial charge on any atom is 0.417 e. The van der Waals surface area contributed by atoms with Crippen molar-refractivity contribution in [1.82, 2.24) is 0 Å². The summed E-state index contributed by atoms with van der Waals surface area (Å²) >= 11 is 0. The Kier molecular flexibility index (Phi) is 4.62. The minimum Gasteiger partial charge on any atom is -0.396 e. The number of rotatable bonds is 4. The van der Waals surface area contributed by atoms with Gasteiger partial charge in [0.15, 0.2) is 0 Å². The van der Waals surface area contributed by atoms with E-state index in [1.165, 1.54) is 12.1 Å². The standard InChI is InChI=1S/C16H14F3NO/c1-2-21-20-15(12-8-4-3-5-9-12)13-10-6-7-11-14(13)16(17,18)19/h3-11H,2H2,1H3/b20-15+. The van der Waals surface area contributed by atoms with E-state index in [1.807, 2.05) is 0 Å². The highest BCUT2D eigenvalue weighted by atomic mass is 19.4. The maximum atomic E-state index is 13.2. The number of hydrogen-bond donors (Lipinski definition) is 0. The van der Waals surface area contributed by atoms with E-state index in [1.54, 1.807) is 43.3 Å². The van der Waals surface area contributed by atoms with Crippen LogP contribution in [0.2, 0.25) is 0 Å². The first-order valence-corrected chi connectivity index (χ1v) is 6.46. The van der Waals surface area contributed by atoms with Crippen molar-refractivity contribution in [3.8, 4) is 0 Å². The highest BCUT2D eigenvalue weighted by molar-refractivity contribution is 6.13. The maximum absolute atomic E-state index is 13.2. The van der Waals surface area contributed by atoms with Gasteiger partial charge in [-0.3, -0.25) is 0 Å². The minimum absolute atomic E-state index is 0.00431. The van der Waals surface area contributed by atoms with E-state index in [0.29, 0.717) is 5.56 Å². The number of oxime groups is 1. The van der Waals surface area contributed by atoms with Gasteiger partial charge < -0.3 is 4.84 Å². The lowest BCUT2D eigenvalue weighted by molar-refractivity contribution is -0.137. The molecule has 2 rings (SSSR count). The fourth-order valence-corrected chi connectivity index (χ4v) is 1.92. The Labute approximate surface area is 120 Å². The molecule has 0 spiro atoms. The Morgan fingerprint density at radius 1 is 1.00 bits per heavy atom. The lowest BCUT2D eigenvalue weighted by Gasteiger charge is -2.14. The number of nitrogens with zero attached hydrogens (tertiary/aromatic N) is 1. The first kappa shape index (κ1) is 15.1. The molecule has 0 saturated heterocycles. The number of benzene rings is 2. The summed E-state index contributed by atoms with van der Waals surface area (Å²) < 4.78 is 39.5. The van der Waals surface area contributed by atoms with Crippen molar-refractivity contribution in [3.63, 3.8) is 0 Å². The molecule has 0 fully saturated rings. The molecule has 110 valence electrons. The highest BCUT2D eigenvalue weighted by Crippen LogP contribution is 2.33. The van der Waals surface area contributed by atoms with Gasteiger partial charge in [-0.15, -0.1) is 0 Å². The van der Waals surface area contributed by atoms with Crippen LogP contribution < -0.4 is 0 Å². The molecule has 2 nitrogen and oxygen atoms in total. The Bertz CT molecular complexity index is 621. The summed E-state index contributed by atoms with van der Waals surface area (Å²) in [4.78, 5) is 4.99. The van der Waals surface area contributed by atoms with Crippen LogP contribution in [0, 0.1) is 0 Å². The number of alkyl halides is 3. The van der Waals surface area contributed by atoms with Crippen LogP contribution in [0.15, 0.2) is 59.8 Å². The molecule has 0 bridgehead atoms. The molecule has 0 aliphatic heterocycles. The Morgan fingerprint density at radius 3 is 2.24 bits per heavy atom. The van der Waals surface area contributed by atoms with Crippen molar-refractivity contribution in [2.24, 2.45) is 5.16 Å². The average molecular weight is 293 g/mol. The van der Waals surface area contributed by atoms with E-state index in [4.69, 9.17) is 4.84 Å². The van der Waals surface area contributed by atoms with Crippen LogP contribution >= 0.6 is 0 Å². The zero-order chi connectivity index (χ0) is 15.3. The second-order valence-electron chi connectivity index (χ2n) is 4.27. The average Bonchev–Trinajstić information content (AvgIpc) is 2.48. The minimum atomic E-state index is -4.45. The predicted octanol–water partition coefficient (Wildman–Crippen LogP) is 4.49.